The van der Waals surface area contributed by atoms with Crippen LogP contribution in [0.3, 0.4) is 0 Å². The Morgan fingerprint density at radius 3 is 2.47 bits per heavy atom. The molecule has 0 radical (unpaired) electrons. The third-order valence-electron chi connectivity index (χ3n) is 3.36. The van der Waals surface area contributed by atoms with Gasteiger partial charge in [-0.15, -0.1) is 0 Å². The zero-order valence-electron chi connectivity index (χ0n) is 10.2. The molecule has 1 amide bonds. The Balaban J connectivity index is 2.24. The van der Waals surface area contributed by atoms with Crippen molar-refractivity contribution in [3.8, 4) is 0 Å². The molecular formula is C12H15BrN2O3S. The highest BCUT2D eigenvalue weighted by Crippen LogP contribution is 2.29. The Hall–Kier alpha value is -1.08. The van der Waals surface area contributed by atoms with Crippen LogP contribution in [0.25, 0.3) is 0 Å². The van der Waals surface area contributed by atoms with E-state index in [2.05, 4.69) is 21.2 Å². The minimum Gasteiger partial charge on any atom is -0.371 e. The number of rotatable bonds is 3. The van der Waals surface area contributed by atoms with Crippen LogP contribution < -0.4 is 11.1 Å². The number of carbonyl (C=O) groups is 1. The summed E-state index contributed by atoms with van der Waals surface area (Å²) in [6, 6.07) is 7.35. The molecule has 0 unspecified atom stereocenters. The summed E-state index contributed by atoms with van der Waals surface area (Å²) in [5.74, 6) is -0.546. The Morgan fingerprint density at radius 1 is 1.32 bits per heavy atom. The lowest BCUT2D eigenvalue weighted by atomic mass is 9.91. The molecule has 0 spiro atoms. The van der Waals surface area contributed by atoms with Crippen molar-refractivity contribution in [2.75, 3.05) is 16.8 Å². The lowest BCUT2D eigenvalue weighted by Crippen LogP contribution is -2.55. The second-order valence-electron chi connectivity index (χ2n) is 4.73. The Labute approximate surface area is 120 Å². The number of anilines is 1. The van der Waals surface area contributed by atoms with Gasteiger partial charge in [0, 0.05) is 10.2 Å². The van der Waals surface area contributed by atoms with Crippen molar-refractivity contribution < 1.29 is 13.2 Å². The molecule has 1 aromatic carbocycles. The van der Waals surface area contributed by atoms with Gasteiger partial charge < -0.3 is 11.1 Å². The number of hydrogen-bond donors (Lipinski definition) is 2. The van der Waals surface area contributed by atoms with Crippen molar-refractivity contribution in [3.05, 3.63) is 28.7 Å². The molecule has 19 heavy (non-hydrogen) atoms. The minimum absolute atomic E-state index is 0.0169. The number of amides is 1. The predicted octanol–water partition coefficient (Wildman–Crippen LogP) is 1.29. The Kier molecular flexibility index (Phi) is 3.87. The summed E-state index contributed by atoms with van der Waals surface area (Å²) >= 11 is 3.35. The van der Waals surface area contributed by atoms with Crippen LogP contribution in [0.2, 0.25) is 0 Å². The van der Waals surface area contributed by atoms with E-state index in [1.165, 1.54) is 0 Å². The van der Waals surface area contributed by atoms with Crippen LogP contribution >= 0.6 is 15.9 Å². The maximum Gasteiger partial charge on any atom is 0.243 e. The van der Waals surface area contributed by atoms with Gasteiger partial charge >= 0.3 is 0 Å². The van der Waals surface area contributed by atoms with Gasteiger partial charge in [-0.25, -0.2) is 8.42 Å². The number of halogens is 1. The van der Waals surface area contributed by atoms with Crippen LogP contribution in [0.1, 0.15) is 12.8 Å². The molecule has 0 saturated carbocycles. The quantitative estimate of drug-likeness (QED) is 0.862. The first-order valence-corrected chi connectivity index (χ1v) is 8.49. The summed E-state index contributed by atoms with van der Waals surface area (Å²) in [4.78, 5) is 11.7. The molecule has 104 valence electrons. The third kappa shape index (κ3) is 3.27. The van der Waals surface area contributed by atoms with E-state index < -0.39 is 21.3 Å². The lowest BCUT2D eigenvalue weighted by Gasteiger charge is -2.35. The van der Waals surface area contributed by atoms with E-state index in [9.17, 15) is 13.2 Å². The van der Waals surface area contributed by atoms with Crippen LogP contribution in [0.4, 0.5) is 5.69 Å². The monoisotopic (exact) mass is 346 g/mol. The highest BCUT2D eigenvalue weighted by molar-refractivity contribution is 9.10. The molecule has 1 fully saturated rings. The normalized spacial score (nSPS) is 20.7. The van der Waals surface area contributed by atoms with Crippen molar-refractivity contribution in [2.24, 2.45) is 5.73 Å². The number of hydrogen-bond acceptors (Lipinski definition) is 4. The fourth-order valence-corrected chi connectivity index (χ4v) is 4.08. The minimum atomic E-state index is -3.04. The van der Waals surface area contributed by atoms with Gasteiger partial charge in [-0.1, -0.05) is 22.0 Å². The van der Waals surface area contributed by atoms with Gasteiger partial charge in [0.2, 0.25) is 5.91 Å². The SMILES string of the molecule is NC(=O)C1(Nc2cccc(Br)c2)CCS(=O)(=O)CC1. The van der Waals surface area contributed by atoms with Crippen molar-refractivity contribution in [1.82, 2.24) is 0 Å². The molecule has 7 heteroatoms. The first-order valence-electron chi connectivity index (χ1n) is 5.87. The molecule has 1 saturated heterocycles. The largest absolute Gasteiger partial charge is 0.371 e. The molecule has 1 aliphatic rings. The topological polar surface area (TPSA) is 89.3 Å². The van der Waals surface area contributed by atoms with Crippen molar-refractivity contribution in [3.63, 3.8) is 0 Å². The van der Waals surface area contributed by atoms with Crippen molar-refractivity contribution in [2.45, 2.75) is 18.4 Å². The van der Waals surface area contributed by atoms with Crippen LogP contribution in [-0.2, 0) is 14.6 Å². The second-order valence-corrected chi connectivity index (χ2v) is 7.95. The van der Waals surface area contributed by atoms with E-state index in [1.54, 1.807) is 0 Å². The number of nitrogens with two attached hydrogens (primary N) is 1. The third-order valence-corrected chi connectivity index (χ3v) is 5.51. The highest BCUT2D eigenvalue weighted by Gasteiger charge is 2.42. The molecule has 0 aromatic heterocycles. The predicted molar refractivity (Wildman–Crippen MR) is 77.6 cm³/mol. The molecular weight excluding hydrogens is 332 g/mol. The maximum atomic E-state index is 11.7. The molecule has 5 nitrogen and oxygen atoms in total. The average Bonchev–Trinajstić information content (AvgIpc) is 2.32. The van der Waals surface area contributed by atoms with Crippen LogP contribution in [0.15, 0.2) is 28.7 Å². The van der Waals surface area contributed by atoms with Gasteiger partial charge in [0.1, 0.15) is 5.54 Å². The fourth-order valence-electron chi connectivity index (χ4n) is 2.16. The lowest BCUT2D eigenvalue weighted by molar-refractivity contribution is -0.122. The van der Waals surface area contributed by atoms with Gasteiger partial charge in [0.25, 0.3) is 0 Å². The maximum absolute atomic E-state index is 11.7. The van der Waals surface area contributed by atoms with Crippen molar-refractivity contribution in [1.29, 1.82) is 0 Å². The number of benzene rings is 1. The molecule has 3 N–H and O–H groups in total. The zero-order chi connectivity index (χ0) is 14.1. The van der Waals surface area contributed by atoms with Crippen LogP contribution in [0.5, 0.6) is 0 Å². The van der Waals surface area contributed by atoms with E-state index in [0.29, 0.717) is 0 Å². The van der Waals surface area contributed by atoms with E-state index in [4.69, 9.17) is 5.73 Å². The molecule has 2 rings (SSSR count). The molecule has 1 heterocycles. The summed E-state index contributed by atoms with van der Waals surface area (Å²) in [6.45, 7) is 0. The summed E-state index contributed by atoms with van der Waals surface area (Å²) in [6.07, 6.45) is 0.411. The molecule has 0 atom stereocenters. The smallest absolute Gasteiger partial charge is 0.243 e. The second kappa shape index (κ2) is 5.13. The van der Waals surface area contributed by atoms with Crippen LogP contribution in [0, 0.1) is 0 Å². The molecule has 0 aliphatic carbocycles. The number of primary amides is 1. The molecule has 1 aliphatic heterocycles. The number of nitrogens with one attached hydrogen (secondary N) is 1. The summed E-state index contributed by atoms with van der Waals surface area (Å²) in [5.41, 5.74) is 5.23. The van der Waals surface area contributed by atoms with E-state index >= 15 is 0 Å². The summed E-state index contributed by atoms with van der Waals surface area (Å²) in [5, 5.41) is 3.10. The van der Waals surface area contributed by atoms with Crippen LogP contribution in [-0.4, -0.2) is 31.4 Å². The van der Waals surface area contributed by atoms with Gasteiger partial charge in [0.05, 0.1) is 11.5 Å². The van der Waals surface area contributed by atoms with Gasteiger partial charge in [-0.2, -0.15) is 0 Å². The van der Waals surface area contributed by atoms with Gasteiger partial charge in [-0.3, -0.25) is 4.79 Å². The Bertz CT molecular complexity index is 587. The van der Waals surface area contributed by atoms with E-state index in [1.807, 2.05) is 24.3 Å². The summed E-state index contributed by atoms with van der Waals surface area (Å²) < 4.78 is 23.8. The Morgan fingerprint density at radius 2 is 1.95 bits per heavy atom. The first kappa shape index (κ1) is 14.3. The first-order chi connectivity index (χ1) is 8.83. The highest BCUT2D eigenvalue weighted by atomic mass is 79.9. The van der Waals surface area contributed by atoms with Crippen molar-refractivity contribution >= 4 is 37.4 Å². The fraction of sp³-hybridized carbons (Fsp3) is 0.417. The van der Waals surface area contributed by atoms with Gasteiger partial charge in [0.15, 0.2) is 9.84 Å². The molecule has 1 aromatic rings. The van der Waals surface area contributed by atoms with E-state index in [-0.39, 0.29) is 24.3 Å². The zero-order valence-corrected chi connectivity index (χ0v) is 12.6. The number of sulfone groups is 1. The standard InChI is InChI=1S/C12H15BrN2O3S/c13-9-2-1-3-10(8-9)15-12(11(14)16)4-6-19(17,18)7-5-12/h1-3,8,15H,4-7H2,(H2,14,16). The average molecular weight is 347 g/mol. The number of carbonyl (C=O) groups excluding carboxylic acids is 1. The molecule has 0 bridgehead atoms. The summed E-state index contributed by atoms with van der Waals surface area (Å²) in [7, 11) is -3.04. The van der Waals surface area contributed by atoms with Gasteiger partial charge in [-0.05, 0) is 31.0 Å². The van der Waals surface area contributed by atoms with E-state index in [0.717, 1.165) is 10.2 Å².